The van der Waals surface area contributed by atoms with Gasteiger partial charge in [0.15, 0.2) is 0 Å². The molecule has 1 aromatic carbocycles. The summed E-state index contributed by atoms with van der Waals surface area (Å²) in [7, 11) is 1.47. The highest BCUT2D eigenvalue weighted by molar-refractivity contribution is 5.92. The smallest absolute Gasteiger partial charge is 0.269 e. The maximum Gasteiger partial charge on any atom is 0.269 e. The summed E-state index contributed by atoms with van der Waals surface area (Å²) in [6.45, 7) is 4.76. The molecule has 0 radical (unpaired) electrons. The van der Waals surface area contributed by atoms with E-state index >= 15 is 0 Å². The number of aryl methyl sites for hydroxylation is 2. The maximum atomic E-state index is 14.4. The van der Waals surface area contributed by atoms with E-state index < -0.39 is 11.9 Å². The number of halogens is 1. The number of aromatic amines is 1. The quantitative estimate of drug-likeness (QED) is 0.625. The number of H-pyrrole nitrogens is 1. The first kappa shape index (κ1) is 20.8. The molecule has 0 fully saturated rings. The van der Waals surface area contributed by atoms with Crippen LogP contribution < -0.4 is 10.9 Å². The number of nitrogens with zero attached hydrogens (tertiary/aromatic N) is 3. The summed E-state index contributed by atoms with van der Waals surface area (Å²) in [6.07, 6.45) is 1.88. The summed E-state index contributed by atoms with van der Waals surface area (Å²) >= 11 is 0. The highest BCUT2D eigenvalue weighted by Gasteiger charge is 2.19. The molecule has 1 amide bonds. The Hall–Kier alpha value is -3.43. The van der Waals surface area contributed by atoms with Gasteiger partial charge >= 0.3 is 0 Å². The Labute approximate surface area is 177 Å². The molecular formula is C22H22FN5O3. The Bertz CT molecular complexity index is 1270. The molecule has 1 aliphatic rings. The van der Waals surface area contributed by atoms with Gasteiger partial charge < -0.3 is 10.3 Å². The van der Waals surface area contributed by atoms with Crippen LogP contribution in [0.5, 0.6) is 0 Å². The largest absolute Gasteiger partial charge is 0.354 e. The molecule has 8 nitrogen and oxygen atoms in total. The van der Waals surface area contributed by atoms with Gasteiger partial charge in [-0.25, -0.2) is 9.97 Å². The van der Waals surface area contributed by atoms with Gasteiger partial charge in [0, 0.05) is 25.7 Å². The third-order valence-electron chi connectivity index (χ3n) is 5.17. The molecule has 4 rings (SSSR count). The zero-order chi connectivity index (χ0) is 22.1. The Balaban J connectivity index is 1.51. The molecule has 160 valence electrons. The van der Waals surface area contributed by atoms with Gasteiger partial charge in [0.25, 0.3) is 11.5 Å². The average molecular weight is 423 g/mol. The fourth-order valence-electron chi connectivity index (χ4n) is 3.53. The molecule has 0 aliphatic carbocycles. The van der Waals surface area contributed by atoms with Crippen molar-refractivity contribution in [3.8, 4) is 0 Å². The van der Waals surface area contributed by atoms with Gasteiger partial charge in [-0.1, -0.05) is 12.1 Å². The van der Waals surface area contributed by atoms with E-state index in [-0.39, 0.29) is 17.9 Å². The van der Waals surface area contributed by atoms with Gasteiger partial charge in [-0.15, -0.1) is 0 Å². The van der Waals surface area contributed by atoms with Crippen LogP contribution in [-0.4, -0.2) is 46.1 Å². The molecule has 3 heterocycles. The van der Waals surface area contributed by atoms with Gasteiger partial charge in [-0.2, -0.15) is 9.45 Å². The van der Waals surface area contributed by atoms with Crippen LogP contribution in [0.15, 0.2) is 35.1 Å². The number of fused-ring (bicyclic) bond motifs is 1. The van der Waals surface area contributed by atoms with Crippen molar-refractivity contribution in [2.24, 2.45) is 0 Å². The lowest BCUT2D eigenvalue weighted by atomic mass is 10.1. The number of aromatic nitrogens is 3. The third kappa shape index (κ3) is 4.23. The monoisotopic (exact) mass is 423 g/mol. The highest BCUT2D eigenvalue weighted by atomic mass is 19.1. The predicted octanol–water partition coefficient (Wildman–Crippen LogP) is 2.26. The number of carbonyl (C=O) groups excluding carboxylic acids is 1. The molecule has 0 saturated carbocycles. The summed E-state index contributed by atoms with van der Waals surface area (Å²) in [5.41, 5.74) is 4.62. The third-order valence-corrected chi connectivity index (χ3v) is 5.17. The number of hydrogen-bond acceptors (Lipinski definition) is 6. The van der Waals surface area contributed by atoms with Crippen LogP contribution in [-0.2, 0) is 11.4 Å². The van der Waals surface area contributed by atoms with Gasteiger partial charge in [0.1, 0.15) is 11.4 Å². The van der Waals surface area contributed by atoms with Crippen LogP contribution in [0.4, 0.5) is 4.39 Å². The Morgan fingerprint density at radius 1 is 1.29 bits per heavy atom. The lowest BCUT2D eigenvalue weighted by Gasteiger charge is -2.26. The van der Waals surface area contributed by atoms with Crippen molar-refractivity contribution in [3.05, 3.63) is 74.7 Å². The van der Waals surface area contributed by atoms with E-state index in [1.807, 2.05) is 25.1 Å². The highest BCUT2D eigenvalue weighted by Crippen LogP contribution is 2.23. The van der Waals surface area contributed by atoms with Crippen LogP contribution >= 0.6 is 0 Å². The van der Waals surface area contributed by atoms with Crippen molar-refractivity contribution < 1.29 is 14.0 Å². The first-order chi connectivity index (χ1) is 14.9. The minimum Gasteiger partial charge on any atom is -0.354 e. The SMILES string of the molecule is CNC(=O)c1ccc(C2=CCN(Cc3cc(C)c4nc(C)c(=O)[nH]c4c3)OC2)c(F)n1. The summed E-state index contributed by atoms with van der Waals surface area (Å²) in [6, 6.07) is 6.92. The van der Waals surface area contributed by atoms with Crippen molar-refractivity contribution in [1.82, 2.24) is 25.3 Å². The lowest BCUT2D eigenvalue weighted by Crippen LogP contribution is -2.29. The van der Waals surface area contributed by atoms with Crippen molar-refractivity contribution >= 4 is 22.5 Å². The Morgan fingerprint density at radius 3 is 2.77 bits per heavy atom. The number of amides is 1. The molecule has 0 spiro atoms. The number of hydroxylamine groups is 2. The molecule has 0 unspecified atom stereocenters. The van der Waals surface area contributed by atoms with Crippen LogP contribution in [0.25, 0.3) is 16.6 Å². The molecule has 0 saturated heterocycles. The summed E-state index contributed by atoms with van der Waals surface area (Å²) in [5, 5.41) is 4.18. The second-order valence-electron chi connectivity index (χ2n) is 7.40. The molecule has 9 heteroatoms. The van der Waals surface area contributed by atoms with Crippen LogP contribution in [0.1, 0.15) is 32.9 Å². The van der Waals surface area contributed by atoms with E-state index in [1.54, 1.807) is 12.0 Å². The second-order valence-corrected chi connectivity index (χ2v) is 7.40. The molecule has 0 atom stereocenters. The Kier molecular flexibility index (Phi) is 5.62. The van der Waals surface area contributed by atoms with Gasteiger partial charge in [0.2, 0.25) is 5.95 Å². The van der Waals surface area contributed by atoms with E-state index in [0.717, 1.165) is 16.6 Å². The number of pyridine rings is 1. The normalized spacial score (nSPS) is 14.5. The van der Waals surface area contributed by atoms with Gasteiger partial charge in [0.05, 0.1) is 17.6 Å². The first-order valence-electron chi connectivity index (χ1n) is 9.81. The van der Waals surface area contributed by atoms with Crippen molar-refractivity contribution in [2.75, 3.05) is 20.2 Å². The predicted molar refractivity (Wildman–Crippen MR) is 114 cm³/mol. The van der Waals surface area contributed by atoms with Gasteiger partial charge in [-0.05, 0) is 48.7 Å². The van der Waals surface area contributed by atoms with Crippen molar-refractivity contribution in [1.29, 1.82) is 0 Å². The lowest BCUT2D eigenvalue weighted by molar-refractivity contribution is -0.150. The fraction of sp³-hybridized carbons (Fsp3) is 0.273. The molecule has 31 heavy (non-hydrogen) atoms. The minimum absolute atomic E-state index is 0.0251. The first-order valence-corrected chi connectivity index (χ1v) is 9.81. The van der Waals surface area contributed by atoms with E-state index in [2.05, 4.69) is 20.3 Å². The second kappa shape index (κ2) is 8.37. The Morgan fingerprint density at radius 2 is 2.10 bits per heavy atom. The fourth-order valence-corrected chi connectivity index (χ4v) is 3.53. The zero-order valence-corrected chi connectivity index (χ0v) is 17.5. The van der Waals surface area contributed by atoms with Crippen LogP contribution in [0.3, 0.4) is 0 Å². The summed E-state index contributed by atoms with van der Waals surface area (Å²) < 4.78 is 14.4. The standard InChI is InChI=1S/C22H22FN5O3/c1-12-8-14(9-18-19(12)25-13(2)21(29)27-18)10-28-7-6-15(11-31-28)16-4-5-17(22(30)24-3)26-20(16)23/h4-6,8-9H,7,10-11H2,1-3H3,(H,24,30)(H,27,29). The number of carbonyl (C=O) groups is 1. The van der Waals surface area contributed by atoms with Crippen LogP contribution in [0.2, 0.25) is 0 Å². The number of rotatable bonds is 4. The maximum absolute atomic E-state index is 14.4. The summed E-state index contributed by atoms with van der Waals surface area (Å²) in [5.74, 6) is -1.15. The van der Waals surface area contributed by atoms with Crippen LogP contribution in [0, 0.1) is 19.8 Å². The van der Waals surface area contributed by atoms with E-state index in [4.69, 9.17) is 4.84 Å². The number of benzene rings is 1. The summed E-state index contributed by atoms with van der Waals surface area (Å²) in [4.78, 5) is 40.3. The van der Waals surface area contributed by atoms with E-state index in [0.29, 0.717) is 35.4 Å². The van der Waals surface area contributed by atoms with Crippen molar-refractivity contribution in [2.45, 2.75) is 20.4 Å². The molecule has 2 N–H and O–H groups in total. The average Bonchev–Trinajstić information content (AvgIpc) is 2.75. The van der Waals surface area contributed by atoms with Crippen molar-refractivity contribution in [3.63, 3.8) is 0 Å². The molecular weight excluding hydrogens is 401 g/mol. The zero-order valence-electron chi connectivity index (χ0n) is 17.5. The minimum atomic E-state index is -0.707. The number of hydrogen-bond donors (Lipinski definition) is 2. The molecule has 2 aromatic heterocycles. The number of nitrogens with one attached hydrogen (secondary N) is 2. The van der Waals surface area contributed by atoms with Gasteiger partial charge in [-0.3, -0.25) is 14.4 Å². The van der Waals surface area contributed by atoms with E-state index in [9.17, 15) is 14.0 Å². The molecule has 3 aromatic rings. The molecule has 0 bridgehead atoms. The van der Waals surface area contributed by atoms with E-state index in [1.165, 1.54) is 19.2 Å². The topological polar surface area (TPSA) is 100 Å². The molecule has 1 aliphatic heterocycles.